The molecule has 0 heterocycles. The summed E-state index contributed by atoms with van der Waals surface area (Å²) in [5, 5.41) is 0. The van der Waals surface area contributed by atoms with Crippen molar-refractivity contribution in [2.45, 2.75) is 0 Å². The largest absolute Gasteiger partial charge is 2.00 e. The summed E-state index contributed by atoms with van der Waals surface area (Å²) in [6.07, 6.45) is 0. The first-order valence-electron chi connectivity index (χ1n) is 0. The van der Waals surface area contributed by atoms with Crippen LogP contribution in [-0.2, 0) is 0 Å². The second kappa shape index (κ2) is 32.8. The standard InChI is InChI=1S/3FH.Mg.Rb/h3*1H;;/q;;;+2;+1/p-3. The average Bonchev–Trinajstić information content (AvgIpc) is 0. The van der Waals surface area contributed by atoms with Crippen LogP contribution in [0.5, 0.6) is 0 Å². The minimum atomic E-state index is 0. The van der Waals surface area contributed by atoms with Crippen LogP contribution in [0.25, 0.3) is 0 Å². The summed E-state index contributed by atoms with van der Waals surface area (Å²) in [6.45, 7) is 0. The van der Waals surface area contributed by atoms with E-state index in [9.17, 15) is 0 Å². The molecule has 5 heteroatoms. The Balaban J connectivity index is 0. The molecule has 0 aliphatic rings. The maximum absolute atomic E-state index is 0. The topological polar surface area (TPSA) is 0 Å². The Labute approximate surface area is 93.1 Å². The monoisotopic (exact) mass is 166 g/mol. The van der Waals surface area contributed by atoms with Gasteiger partial charge in [-0.25, -0.2) is 0 Å². The Morgan fingerprint density at radius 1 is 0.600 bits per heavy atom. The molecule has 0 saturated heterocycles. The first kappa shape index (κ1) is 53.4. The Morgan fingerprint density at radius 3 is 0.600 bits per heavy atom. The Bertz CT molecular complexity index is 6.85. The van der Waals surface area contributed by atoms with Crippen molar-refractivity contribution in [3.63, 3.8) is 0 Å². The number of hydrogen-bond donors (Lipinski definition) is 0. The van der Waals surface area contributed by atoms with Crippen LogP contribution in [0.3, 0.4) is 0 Å². The van der Waals surface area contributed by atoms with E-state index in [-0.39, 0.29) is 95.4 Å². The van der Waals surface area contributed by atoms with Crippen LogP contribution in [-0.4, -0.2) is 23.1 Å². The zero-order chi connectivity index (χ0) is 0. The summed E-state index contributed by atoms with van der Waals surface area (Å²) in [5.41, 5.74) is 0. The smallest absolute Gasteiger partial charge is 1.00 e. The minimum Gasteiger partial charge on any atom is -1.00 e. The molecule has 0 radical (unpaired) electrons. The zero-order valence-corrected chi connectivity index (χ0v) is 9.17. The van der Waals surface area contributed by atoms with E-state index in [1.165, 1.54) is 0 Å². The third-order valence-corrected chi connectivity index (χ3v) is 0. The second-order valence-electron chi connectivity index (χ2n) is 0. The molecule has 0 rings (SSSR count). The van der Waals surface area contributed by atoms with Gasteiger partial charge < -0.3 is 14.1 Å². The molecular formula is F3MgRb. The van der Waals surface area contributed by atoms with E-state index in [0.717, 1.165) is 0 Å². The van der Waals surface area contributed by atoms with Gasteiger partial charge in [0.05, 0.1) is 0 Å². The molecule has 0 spiro atoms. The molecule has 0 aromatic heterocycles. The molecular weight excluding hydrogens is 167 g/mol. The average molecular weight is 167 g/mol. The van der Waals surface area contributed by atoms with Crippen molar-refractivity contribution in [2.24, 2.45) is 0 Å². The Hall–Kier alpha value is 2.36. The van der Waals surface area contributed by atoms with Crippen LogP contribution in [0.15, 0.2) is 0 Å². The fraction of sp³-hybridized carbons (Fsp3) is 0. The first-order chi connectivity index (χ1) is 0. The molecule has 0 aliphatic heterocycles. The van der Waals surface area contributed by atoms with Crippen LogP contribution in [0, 0.1) is 0 Å². The van der Waals surface area contributed by atoms with Crippen molar-refractivity contribution in [3.8, 4) is 0 Å². The van der Waals surface area contributed by atoms with E-state index in [2.05, 4.69) is 0 Å². The SMILES string of the molecule is [F-].[F-].[F-].[Mg+2].[Rb+]. The van der Waals surface area contributed by atoms with Crippen molar-refractivity contribution in [2.75, 3.05) is 0 Å². The minimum absolute atomic E-state index is 0. The summed E-state index contributed by atoms with van der Waals surface area (Å²) in [4.78, 5) is 0. The van der Waals surface area contributed by atoms with E-state index in [0.29, 0.717) is 0 Å². The Morgan fingerprint density at radius 2 is 0.600 bits per heavy atom. The van der Waals surface area contributed by atoms with Crippen LogP contribution in [0.1, 0.15) is 0 Å². The Kier molecular flexibility index (Phi) is 350. The van der Waals surface area contributed by atoms with Gasteiger partial charge in [-0.15, -0.1) is 0 Å². The molecule has 0 aromatic carbocycles. The van der Waals surface area contributed by atoms with Gasteiger partial charge in [0.25, 0.3) is 0 Å². The fourth-order valence-electron chi connectivity index (χ4n) is 0. The summed E-state index contributed by atoms with van der Waals surface area (Å²) < 4.78 is 0. The molecule has 0 atom stereocenters. The van der Waals surface area contributed by atoms with Crippen molar-refractivity contribution in [3.05, 3.63) is 0 Å². The molecule has 0 unspecified atom stereocenters. The quantitative estimate of drug-likeness (QED) is 0.314. The number of rotatable bonds is 0. The third kappa shape index (κ3) is 21.7. The van der Waals surface area contributed by atoms with Crippen LogP contribution in [0.4, 0.5) is 0 Å². The molecule has 0 bridgehead atoms. The fourth-order valence-corrected chi connectivity index (χ4v) is 0. The van der Waals surface area contributed by atoms with Gasteiger partial charge in [-0.1, -0.05) is 0 Å². The zero-order valence-electron chi connectivity index (χ0n) is 2.84. The molecule has 0 amide bonds. The van der Waals surface area contributed by atoms with Gasteiger partial charge >= 0.3 is 81.2 Å². The molecule has 0 aliphatic carbocycles. The predicted molar refractivity (Wildman–Crippen MR) is 5.75 cm³/mol. The molecule has 0 N–H and O–H groups in total. The molecule has 0 fully saturated rings. The van der Waals surface area contributed by atoms with Crippen molar-refractivity contribution < 1.29 is 72.3 Å². The van der Waals surface area contributed by atoms with E-state index >= 15 is 0 Å². The second-order valence-corrected chi connectivity index (χ2v) is 0. The van der Waals surface area contributed by atoms with Gasteiger partial charge in [-0.2, -0.15) is 0 Å². The molecule has 0 saturated carbocycles. The van der Waals surface area contributed by atoms with Crippen LogP contribution in [0.2, 0.25) is 0 Å². The van der Waals surface area contributed by atoms with Gasteiger partial charge in [0.2, 0.25) is 0 Å². The summed E-state index contributed by atoms with van der Waals surface area (Å²) in [5.74, 6) is 0. The number of halogens is 3. The predicted octanol–water partition coefficient (Wildman–Crippen LogP) is -12.4. The summed E-state index contributed by atoms with van der Waals surface area (Å²) in [7, 11) is 0. The molecule has 0 aromatic rings. The summed E-state index contributed by atoms with van der Waals surface area (Å²) in [6, 6.07) is 0. The maximum Gasteiger partial charge on any atom is 2.00 e. The maximum atomic E-state index is 0. The first-order valence-corrected chi connectivity index (χ1v) is 0. The van der Waals surface area contributed by atoms with Crippen molar-refractivity contribution in [1.29, 1.82) is 0 Å². The molecule has 24 valence electrons. The molecule has 0 nitrogen and oxygen atoms in total. The van der Waals surface area contributed by atoms with Crippen LogP contribution >= 0.6 is 0 Å². The van der Waals surface area contributed by atoms with E-state index in [1.54, 1.807) is 0 Å². The van der Waals surface area contributed by atoms with Gasteiger partial charge in [-0.3, -0.25) is 0 Å². The van der Waals surface area contributed by atoms with Gasteiger partial charge in [0.1, 0.15) is 0 Å². The third-order valence-electron chi connectivity index (χ3n) is 0. The van der Waals surface area contributed by atoms with Gasteiger partial charge in [0.15, 0.2) is 0 Å². The van der Waals surface area contributed by atoms with Gasteiger partial charge in [-0.05, 0) is 0 Å². The van der Waals surface area contributed by atoms with E-state index in [4.69, 9.17) is 0 Å². The normalized spacial score (nSPS) is 0. The van der Waals surface area contributed by atoms with Crippen molar-refractivity contribution >= 4 is 23.1 Å². The molecule has 5 heavy (non-hydrogen) atoms. The summed E-state index contributed by atoms with van der Waals surface area (Å²) >= 11 is 0. The van der Waals surface area contributed by atoms with Crippen molar-refractivity contribution in [1.82, 2.24) is 0 Å². The van der Waals surface area contributed by atoms with Crippen LogP contribution < -0.4 is 72.3 Å². The van der Waals surface area contributed by atoms with E-state index < -0.39 is 0 Å². The van der Waals surface area contributed by atoms with Gasteiger partial charge in [0, 0.05) is 0 Å². The number of hydrogen-bond acceptors (Lipinski definition) is 0. The van der Waals surface area contributed by atoms with E-state index in [1.807, 2.05) is 0 Å².